The molecule has 0 fully saturated rings. The number of ether oxygens (including phenoxy) is 3. The Morgan fingerprint density at radius 3 is 2.33 bits per heavy atom. The minimum Gasteiger partial charge on any atom is -0.485 e. The average Bonchev–Trinajstić information content (AvgIpc) is 3.16. The van der Waals surface area contributed by atoms with E-state index in [2.05, 4.69) is 20.8 Å². The van der Waals surface area contributed by atoms with Crippen LogP contribution in [0.4, 0.5) is 5.69 Å². The molecule has 0 spiro atoms. The summed E-state index contributed by atoms with van der Waals surface area (Å²) in [7, 11) is 1.76. The maximum Gasteiger partial charge on any atom is 0.309 e. The highest BCUT2D eigenvalue weighted by Crippen LogP contribution is 2.27. The summed E-state index contributed by atoms with van der Waals surface area (Å²) < 4.78 is 19.4. The van der Waals surface area contributed by atoms with Crippen LogP contribution in [0.3, 0.4) is 0 Å². The van der Waals surface area contributed by atoms with Crippen LogP contribution in [0, 0.1) is 6.92 Å². The van der Waals surface area contributed by atoms with Crippen molar-refractivity contribution in [2.75, 3.05) is 19.0 Å². The molecule has 0 bridgehead atoms. The third-order valence-electron chi connectivity index (χ3n) is 5.61. The van der Waals surface area contributed by atoms with E-state index in [-0.39, 0.29) is 42.9 Å². The number of hydrogen-bond acceptors (Lipinski definition) is 8. The Labute approximate surface area is 237 Å². The molecule has 39 heavy (non-hydrogen) atoms. The van der Waals surface area contributed by atoms with Gasteiger partial charge in [0.2, 0.25) is 5.91 Å². The van der Waals surface area contributed by atoms with Gasteiger partial charge in [0.15, 0.2) is 5.82 Å². The van der Waals surface area contributed by atoms with Crippen LogP contribution in [-0.4, -0.2) is 57.1 Å². The number of esters is 1. The van der Waals surface area contributed by atoms with E-state index in [9.17, 15) is 9.59 Å². The van der Waals surface area contributed by atoms with Crippen LogP contribution < -0.4 is 15.4 Å². The van der Waals surface area contributed by atoms with E-state index in [1.165, 1.54) is 0 Å². The molecule has 2 aromatic rings. The summed E-state index contributed by atoms with van der Waals surface area (Å²) in [5.74, 6) is 1.33. The lowest BCUT2D eigenvalue weighted by Gasteiger charge is -2.32. The molecule has 0 saturated carbocycles. The number of nitrogens with zero attached hydrogens (tertiary/aromatic N) is 3. The summed E-state index contributed by atoms with van der Waals surface area (Å²) in [6.07, 6.45) is 0.255. The first-order valence-electron chi connectivity index (χ1n) is 13.1. The van der Waals surface area contributed by atoms with Crippen LogP contribution in [0.15, 0.2) is 24.3 Å². The summed E-state index contributed by atoms with van der Waals surface area (Å²) in [4.78, 5) is 25.1. The molecular formula is C28H44ClN5O5. The number of anilines is 1. The van der Waals surface area contributed by atoms with Gasteiger partial charge in [-0.25, -0.2) is 0 Å². The van der Waals surface area contributed by atoms with E-state index >= 15 is 0 Å². The highest BCUT2D eigenvalue weighted by molar-refractivity contribution is 6.18. The topological polar surface area (TPSA) is 117 Å². The predicted octanol–water partition coefficient (Wildman–Crippen LogP) is 5.32. The monoisotopic (exact) mass is 565 g/mol. The number of carbonyl (C=O) groups excluding carboxylic acids is 2. The number of rotatable bonds is 13. The third kappa shape index (κ3) is 10.8. The Bertz CT molecular complexity index is 1120. The van der Waals surface area contributed by atoms with E-state index < -0.39 is 16.8 Å². The molecule has 2 rings (SSSR count). The van der Waals surface area contributed by atoms with Crippen molar-refractivity contribution in [3.05, 3.63) is 35.9 Å². The number of alkyl halides is 1. The lowest BCUT2D eigenvalue weighted by Crippen LogP contribution is -2.40. The average molecular weight is 566 g/mol. The molecule has 1 heterocycles. The van der Waals surface area contributed by atoms with Gasteiger partial charge in [0.25, 0.3) is 0 Å². The lowest BCUT2D eigenvalue weighted by molar-refractivity contribution is -0.163. The van der Waals surface area contributed by atoms with Gasteiger partial charge in [-0.1, -0.05) is 17.7 Å². The summed E-state index contributed by atoms with van der Waals surface area (Å²) in [6, 6.07) is 6.80. The van der Waals surface area contributed by atoms with Crippen LogP contribution in [0.25, 0.3) is 0 Å². The number of halogens is 1. The Morgan fingerprint density at radius 1 is 1.08 bits per heavy atom. The normalized spacial score (nSPS) is 14.0. The lowest BCUT2D eigenvalue weighted by atomic mass is 10.0. The van der Waals surface area contributed by atoms with E-state index in [1.54, 1.807) is 29.8 Å². The molecule has 11 heteroatoms. The first-order valence-corrected chi connectivity index (χ1v) is 13.5. The number of benzene rings is 1. The fourth-order valence-electron chi connectivity index (χ4n) is 3.91. The summed E-state index contributed by atoms with van der Waals surface area (Å²) in [5, 5.41) is 14.4. The SMILES string of the molecule is CN[C@@H](CC(=O)Nc1cccc(OC(C)(C)COC(C)(C)CC(=O)OC(C)(C)C)c1)c1nnc(C)n1C(C)Cl. The van der Waals surface area contributed by atoms with Gasteiger partial charge in [-0.2, -0.15) is 0 Å². The van der Waals surface area contributed by atoms with E-state index in [0.29, 0.717) is 23.1 Å². The first-order chi connectivity index (χ1) is 17.9. The second kappa shape index (κ2) is 13.1. The van der Waals surface area contributed by atoms with Crippen molar-refractivity contribution in [3.63, 3.8) is 0 Å². The molecule has 0 radical (unpaired) electrons. The molecule has 2 atom stereocenters. The molecule has 0 aliphatic heterocycles. The minimum atomic E-state index is -0.729. The first kappa shape index (κ1) is 32.5. The summed E-state index contributed by atoms with van der Waals surface area (Å²) >= 11 is 6.30. The maximum absolute atomic E-state index is 12.9. The second-order valence-corrected chi connectivity index (χ2v) is 12.5. The van der Waals surface area contributed by atoms with Crippen molar-refractivity contribution in [2.24, 2.45) is 0 Å². The van der Waals surface area contributed by atoms with Gasteiger partial charge in [0.05, 0.1) is 24.7 Å². The maximum atomic E-state index is 12.9. The zero-order chi connectivity index (χ0) is 29.6. The largest absolute Gasteiger partial charge is 0.485 e. The summed E-state index contributed by atoms with van der Waals surface area (Å²) in [5.41, 5.74) is -1.74. The molecule has 1 aromatic carbocycles. The molecule has 1 aromatic heterocycles. The molecule has 1 amide bonds. The van der Waals surface area contributed by atoms with E-state index in [4.69, 9.17) is 25.8 Å². The molecule has 0 aliphatic carbocycles. The van der Waals surface area contributed by atoms with Crippen LogP contribution >= 0.6 is 11.6 Å². The van der Waals surface area contributed by atoms with Crippen molar-refractivity contribution in [1.29, 1.82) is 0 Å². The Hall–Kier alpha value is -2.69. The highest BCUT2D eigenvalue weighted by atomic mass is 35.5. The van der Waals surface area contributed by atoms with Gasteiger partial charge in [-0.05, 0) is 81.5 Å². The molecular weight excluding hydrogens is 522 g/mol. The molecule has 10 nitrogen and oxygen atoms in total. The summed E-state index contributed by atoms with van der Waals surface area (Å²) in [6.45, 7) is 16.9. The van der Waals surface area contributed by atoms with Gasteiger partial charge in [0, 0.05) is 18.2 Å². The molecule has 218 valence electrons. The Kier molecular flexibility index (Phi) is 10.9. The standard InChI is InChI=1S/C28H44ClN5O5/c1-18(29)34-19(2)32-33-25(34)22(30-10)15-23(35)31-20-12-11-13-21(14-20)38-28(8,9)17-37-27(6,7)16-24(36)39-26(3,4)5/h11-14,18,22,30H,15-17H2,1-10H3,(H,31,35)/t18?,22-/m0/s1. The second-order valence-electron chi connectivity index (χ2n) is 11.8. The zero-order valence-electron chi connectivity index (χ0n) is 24.8. The number of amides is 1. The molecule has 2 N–H and O–H groups in total. The number of aromatic nitrogens is 3. The van der Waals surface area contributed by atoms with Crippen LogP contribution in [0.5, 0.6) is 5.75 Å². The number of hydrogen-bond donors (Lipinski definition) is 2. The van der Waals surface area contributed by atoms with Gasteiger partial charge in [-0.15, -0.1) is 10.2 Å². The van der Waals surface area contributed by atoms with Crippen molar-refractivity contribution in [3.8, 4) is 5.75 Å². The zero-order valence-corrected chi connectivity index (χ0v) is 25.6. The van der Waals surface area contributed by atoms with Crippen LogP contribution in [0.2, 0.25) is 0 Å². The number of nitrogens with one attached hydrogen (secondary N) is 2. The molecule has 1 unspecified atom stereocenters. The van der Waals surface area contributed by atoms with E-state index in [0.717, 1.165) is 0 Å². The fraction of sp³-hybridized carbons (Fsp3) is 0.643. The highest BCUT2D eigenvalue weighted by Gasteiger charge is 2.30. The van der Waals surface area contributed by atoms with Gasteiger partial charge < -0.3 is 24.8 Å². The van der Waals surface area contributed by atoms with Crippen molar-refractivity contribution in [1.82, 2.24) is 20.1 Å². The third-order valence-corrected chi connectivity index (χ3v) is 5.81. The van der Waals surface area contributed by atoms with Crippen molar-refractivity contribution < 1.29 is 23.8 Å². The fourth-order valence-corrected chi connectivity index (χ4v) is 4.16. The van der Waals surface area contributed by atoms with E-state index in [1.807, 2.05) is 68.4 Å². The van der Waals surface area contributed by atoms with Gasteiger partial charge in [-0.3, -0.25) is 14.2 Å². The van der Waals surface area contributed by atoms with Gasteiger partial charge >= 0.3 is 5.97 Å². The van der Waals surface area contributed by atoms with Gasteiger partial charge in [0.1, 0.15) is 28.3 Å². The smallest absolute Gasteiger partial charge is 0.309 e. The van der Waals surface area contributed by atoms with Crippen molar-refractivity contribution in [2.45, 2.75) is 104 Å². The Morgan fingerprint density at radius 2 is 1.74 bits per heavy atom. The Balaban J connectivity index is 1.98. The number of carbonyl (C=O) groups is 2. The molecule has 0 aliphatic rings. The van der Waals surface area contributed by atoms with Crippen molar-refractivity contribution >= 4 is 29.2 Å². The predicted molar refractivity (Wildman–Crippen MR) is 152 cm³/mol. The minimum absolute atomic E-state index is 0.120. The molecule has 0 saturated heterocycles. The van der Waals surface area contributed by atoms with Crippen LogP contribution in [-0.2, 0) is 19.1 Å². The number of aryl methyl sites for hydroxylation is 1. The van der Waals surface area contributed by atoms with Crippen LogP contribution in [0.1, 0.15) is 91.4 Å². The quantitative estimate of drug-likeness (QED) is 0.248.